The van der Waals surface area contributed by atoms with Crippen LogP contribution in [0.5, 0.6) is 11.5 Å². The van der Waals surface area contributed by atoms with Gasteiger partial charge in [0.15, 0.2) is 0 Å². The highest BCUT2D eigenvalue weighted by Crippen LogP contribution is 2.36. The van der Waals surface area contributed by atoms with Crippen molar-refractivity contribution in [1.82, 2.24) is 14.8 Å². The van der Waals surface area contributed by atoms with Crippen LogP contribution in [0.3, 0.4) is 0 Å². The van der Waals surface area contributed by atoms with Crippen molar-refractivity contribution in [3.8, 4) is 11.5 Å². The Labute approximate surface area is 168 Å². The molecule has 2 heterocycles. The van der Waals surface area contributed by atoms with E-state index in [0.29, 0.717) is 34.4 Å². The number of hydrogen-bond donors (Lipinski definition) is 2. The van der Waals surface area contributed by atoms with E-state index >= 15 is 0 Å². The number of anilines is 2. The maximum atomic E-state index is 13.4. The van der Waals surface area contributed by atoms with Crippen LogP contribution >= 0.6 is 0 Å². The van der Waals surface area contributed by atoms with Gasteiger partial charge in [0.25, 0.3) is 5.91 Å². The van der Waals surface area contributed by atoms with Crippen LogP contribution in [0.25, 0.3) is 0 Å². The number of carbonyl (C=O) groups excluding carboxylic acids is 1. The third-order valence-corrected chi connectivity index (χ3v) is 4.81. The average Bonchev–Trinajstić information content (AvgIpc) is 3.21. The number of amides is 1. The van der Waals surface area contributed by atoms with Gasteiger partial charge >= 0.3 is 0 Å². The number of fused-ring (bicyclic) bond motifs is 1. The first-order valence-electron chi connectivity index (χ1n) is 9.08. The van der Waals surface area contributed by atoms with E-state index in [2.05, 4.69) is 20.7 Å². The lowest BCUT2D eigenvalue weighted by Crippen LogP contribution is -2.31. The van der Waals surface area contributed by atoms with Gasteiger partial charge in [0.1, 0.15) is 23.9 Å². The summed E-state index contributed by atoms with van der Waals surface area (Å²) in [5.74, 6) is 1.49. The molecule has 0 spiro atoms. The summed E-state index contributed by atoms with van der Waals surface area (Å²) in [6.07, 6.45) is 1.47. The van der Waals surface area contributed by atoms with Crippen molar-refractivity contribution >= 4 is 17.5 Å². The van der Waals surface area contributed by atoms with Crippen molar-refractivity contribution < 1.29 is 14.3 Å². The first-order chi connectivity index (χ1) is 14.1. The Morgan fingerprint density at radius 1 is 1.14 bits per heavy atom. The second kappa shape index (κ2) is 7.67. The number of nitrogens with zero attached hydrogens (tertiary/aromatic N) is 3. The van der Waals surface area contributed by atoms with E-state index in [1.165, 1.54) is 6.33 Å². The normalized spacial score (nSPS) is 15.3. The van der Waals surface area contributed by atoms with Crippen LogP contribution in [-0.4, -0.2) is 34.9 Å². The number of hydrogen-bond acceptors (Lipinski definition) is 6. The number of allylic oxidation sites excluding steroid dienone is 1. The number of ether oxygens (including phenoxy) is 2. The molecule has 1 aliphatic rings. The van der Waals surface area contributed by atoms with Crippen molar-refractivity contribution in [2.75, 3.05) is 24.9 Å². The van der Waals surface area contributed by atoms with Gasteiger partial charge in [-0.3, -0.25) is 4.79 Å². The number of carbonyl (C=O) groups is 1. The molecule has 1 aliphatic heterocycles. The van der Waals surface area contributed by atoms with Crippen LogP contribution in [0.2, 0.25) is 0 Å². The van der Waals surface area contributed by atoms with Gasteiger partial charge in [-0.15, -0.1) is 0 Å². The molecule has 2 N–H and O–H groups in total. The molecule has 0 fully saturated rings. The van der Waals surface area contributed by atoms with Gasteiger partial charge in [-0.25, -0.2) is 4.68 Å². The van der Waals surface area contributed by atoms with Crippen molar-refractivity contribution in [2.45, 2.75) is 13.0 Å². The first-order valence-corrected chi connectivity index (χ1v) is 9.08. The van der Waals surface area contributed by atoms with Crippen LogP contribution in [0.15, 0.2) is 66.1 Å². The van der Waals surface area contributed by atoms with Gasteiger partial charge in [-0.2, -0.15) is 10.1 Å². The molecule has 1 atom stereocenters. The minimum absolute atomic E-state index is 0.256. The van der Waals surface area contributed by atoms with Crippen molar-refractivity contribution in [3.63, 3.8) is 0 Å². The van der Waals surface area contributed by atoms with E-state index in [1.54, 1.807) is 37.1 Å². The second-order valence-electron chi connectivity index (χ2n) is 6.53. The zero-order valence-corrected chi connectivity index (χ0v) is 16.3. The zero-order valence-electron chi connectivity index (χ0n) is 16.3. The van der Waals surface area contributed by atoms with Gasteiger partial charge < -0.3 is 20.1 Å². The fraction of sp³-hybridized carbons (Fsp3) is 0.190. The third-order valence-electron chi connectivity index (χ3n) is 4.81. The predicted octanol–water partition coefficient (Wildman–Crippen LogP) is 3.22. The Balaban J connectivity index is 1.73. The van der Waals surface area contributed by atoms with E-state index in [9.17, 15) is 4.79 Å². The molecule has 0 saturated heterocycles. The first kappa shape index (κ1) is 18.5. The average molecular weight is 391 g/mol. The number of rotatable bonds is 5. The monoisotopic (exact) mass is 391 g/mol. The fourth-order valence-electron chi connectivity index (χ4n) is 3.42. The van der Waals surface area contributed by atoms with E-state index < -0.39 is 6.04 Å². The summed E-state index contributed by atoms with van der Waals surface area (Å²) in [7, 11) is 3.13. The standard InChI is InChI=1S/C21H21N5O3/c1-13-18(20(27)25-16-10-9-15(28-2)11-17(16)29-3)19(14-7-5-4-6-8-14)26-21(24-13)22-12-23-26/h4-12,19H,1-3H3,(H,25,27)(H,22,23,24)/t19-/m1/s1. The van der Waals surface area contributed by atoms with Crippen molar-refractivity contribution in [1.29, 1.82) is 0 Å². The Morgan fingerprint density at radius 3 is 2.66 bits per heavy atom. The molecule has 0 radical (unpaired) electrons. The number of nitrogens with one attached hydrogen (secondary N) is 2. The largest absolute Gasteiger partial charge is 0.497 e. The van der Waals surface area contributed by atoms with Crippen molar-refractivity contribution in [3.05, 3.63) is 71.7 Å². The van der Waals surface area contributed by atoms with E-state index in [0.717, 1.165) is 5.56 Å². The lowest BCUT2D eigenvalue weighted by Gasteiger charge is -2.28. The molecule has 2 aromatic carbocycles. The number of methoxy groups -OCH3 is 2. The molecular formula is C21H21N5O3. The van der Waals surface area contributed by atoms with Crippen LogP contribution in [0, 0.1) is 0 Å². The van der Waals surface area contributed by atoms with E-state index in [-0.39, 0.29) is 5.91 Å². The van der Waals surface area contributed by atoms with Crippen LogP contribution < -0.4 is 20.1 Å². The molecule has 0 aliphatic carbocycles. The summed E-state index contributed by atoms with van der Waals surface area (Å²) in [4.78, 5) is 17.6. The maximum Gasteiger partial charge on any atom is 0.255 e. The zero-order chi connectivity index (χ0) is 20.4. The predicted molar refractivity (Wildman–Crippen MR) is 109 cm³/mol. The fourth-order valence-corrected chi connectivity index (χ4v) is 3.42. The Bertz CT molecular complexity index is 1070. The lowest BCUT2D eigenvalue weighted by molar-refractivity contribution is -0.113. The summed E-state index contributed by atoms with van der Waals surface area (Å²) in [5.41, 5.74) is 2.75. The van der Waals surface area contributed by atoms with Crippen LogP contribution in [0.4, 0.5) is 11.6 Å². The molecule has 0 unspecified atom stereocenters. The molecule has 1 amide bonds. The van der Waals surface area contributed by atoms with Gasteiger partial charge in [0.05, 0.1) is 25.5 Å². The molecule has 8 heteroatoms. The SMILES string of the molecule is COc1ccc(NC(=O)C2=C(C)Nc3ncnn3[C@@H]2c2ccccc2)c(OC)c1. The molecule has 8 nitrogen and oxygen atoms in total. The molecule has 29 heavy (non-hydrogen) atoms. The van der Waals surface area contributed by atoms with Crippen LogP contribution in [0.1, 0.15) is 18.5 Å². The summed E-state index contributed by atoms with van der Waals surface area (Å²) in [6.45, 7) is 1.86. The smallest absolute Gasteiger partial charge is 0.255 e. The number of benzene rings is 2. The van der Waals surface area contributed by atoms with Crippen molar-refractivity contribution in [2.24, 2.45) is 0 Å². The Kier molecular flexibility index (Phi) is 4.90. The van der Waals surface area contributed by atoms with Gasteiger partial charge in [0.2, 0.25) is 5.95 Å². The number of aromatic nitrogens is 3. The molecule has 0 bridgehead atoms. The van der Waals surface area contributed by atoms with Gasteiger partial charge in [-0.05, 0) is 24.6 Å². The molecule has 148 valence electrons. The Morgan fingerprint density at radius 2 is 1.93 bits per heavy atom. The Hall–Kier alpha value is -3.81. The highest BCUT2D eigenvalue weighted by Gasteiger charge is 2.33. The molecular weight excluding hydrogens is 370 g/mol. The van der Waals surface area contributed by atoms with Gasteiger partial charge in [-0.1, -0.05) is 30.3 Å². The second-order valence-corrected chi connectivity index (χ2v) is 6.53. The summed E-state index contributed by atoms with van der Waals surface area (Å²) >= 11 is 0. The van der Waals surface area contributed by atoms with Gasteiger partial charge in [0, 0.05) is 11.8 Å². The topological polar surface area (TPSA) is 90.3 Å². The quantitative estimate of drug-likeness (QED) is 0.694. The lowest BCUT2D eigenvalue weighted by atomic mass is 9.95. The molecule has 1 aromatic heterocycles. The highest BCUT2D eigenvalue weighted by molar-refractivity contribution is 6.06. The minimum atomic E-state index is -0.404. The maximum absolute atomic E-state index is 13.4. The minimum Gasteiger partial charge on any atom is -0.497 e. The summed E-state index contributed by atoms with van der Waals surface area (Å²) < 4.78 is 12.3. The van der Waals surface area contributed by atoms with E-state index in [1.807, 2.05) is 37.3 Å². The summed E-state index contributed by atoms with van der Waals surface area (Å²) in [5, 5.41) is 10.4. The van der Waals surface area contributed by atoms with Crippen LogP contribution in [-0.2, 0) is 4.79 Å². The summed E-state index contributed by atoms with van der Waals surface area (Å²) in [6, 6.07) is 14.6. The molecule has 4 rings (SSSR count). The van der Waals surface area contributed by atoms with E-state index in [4.69, 9.17) is 9.47 Å². The molecule has 3 aromatic rings. The third kappa shape index (κ3) is 3.40. The highest BCUT2D eigenvalue weighted by atomic mass is 16.5. The molecule has 0 saturated carbocycles.